The smallest absolute Gasteiger partial charge is 0.366 e. The van der Waals surface area contributed by atoms with Crippen molar-refractivity contribution in [1.29, 1.82) is 0 Å². The van der Waals surface area contributed by atoms with Gasteiger partial charge in [0.1, 0.15) is 17.8 Å². The highest BCUT2D eigenvalue weighted by molar-refractivity contribution is 6.23. The molecule has 2 aliphatic rings. The summed E-state index contributed by atoms with van der Waals surface area (Å²) < 4.78 is 41.5. The fraction of sp³-hybridized carbons (Fsp3) is 0.273. The van der Waals surface area contributed by atoms with E-state index < -0.39 is 36.1 Å². The zero-order chi connectivity index (χ0) is 22.3. The molecule has 0 aromatic heterocycles. The number of benzene rings is 2. The van der Waals surface area contributed by atoms with Gasteiger partial charge in [-0.15, -0.1) is 0 Å². The van der Waals surface area contributed by atoms with E-state index in [0.29, 0.717) is 11.3 Å². The molecule has 3 unspecified atom stereocenters. The molecule has 4 rings (SSSR count). The fourth-order valence-corrected chi connectivity index (χ4v) is 4.06. The monoisotopic (exact) mass is 430 g/mol. The zero-order valence-corrected chi connectivity index (χ0v) is 16.8. The van der Waals surface area contributed by atoms with Gasteiger partial charge in [-0.05, 0) is 31.0 Å². The minimum absolute atomic E-state index is 0.225. The lowest BCUT2D eigenvalue weighted by atomic mass is 9.89. The molecule has 0 saturated carbocycles. The van der Waals surface area contributed by atoms with Crippen LogP contribution in [-0.4, -0.2) is 35.2 Å². The van der Waals surface area contributed by atoms with E-state index in [1.165, 1.54) is 6.92 Å². The van der Waals surface area contributed by atoms with E-state index in [0.717, 1.165) is 10.6 Å². The van der Waals surface area contributed by atoms with Crippen LogP contribution in [0.5, 0.6) is 0 Å². The first-order chi connectivity index (χ1) is 14.7. The molecule has 31 heavy (non-hydrogen) atoms. The van der Waals surface area contributed by atoms with Crippen molar-refractivity contribution in [2.45, 2.75) is 38.1 Å². The Bertz CT molecular complexity index is 1050. The van der Waals surface area contributed by atoms with Crippen LogP contribution < -0.4 is 16.1 Å². The normalized spacial score (nSPS) is 23.5. The predicted octanol–water partition coefficient (Wildman–Crippen LogP) is 3.20. The number of carbonyl (C=O) groups excluding carboxylic acids is 2. The summed E-state index contributed by atoms with van der Waals surface area (Å²) in [6, 6.07) is 13.3. The van der Waals surface area contributed by atoms with Gasteiger partial charge < -0.3 is 10.6 Å². The topological polar surface area (TPSA) is 73.5 Å². The average molecular weight is 430 g/mol. The Kier molecular flexibility index (Phi) is 5.22. The zero-order valence-electron chi connectivity index (χ0n) is 16.8. The maximum Gasteiger partial charge on any atom is 0.406 e. The highest BCUT2D eigenvalue weighted by atomic mass is 19.4. The maximum atomic E-state index is 13.8. The number of hydrogen-bond donors (Lipinski definition) is 3. The number of hydrazine groups is 1. The van der Waals surface area contributed by atoms with Crippen LogP contribution in [0.3, 0.4) is 0 Å². The van der Waals surface area contributed by atoms with E-state index >= 15 is 0 Å². The van der Waals surface area contributed by atoms with E-state index in [1.54, 1.807) is 55.5 Å². The number of alkyl halides is 3. The number of hydrogen-bond acceptors (Lipinski definition) is 4. The SMILES string of the molecule is CC1=C(C(=O)Nc2ccccc2C)C(=O)N2NC(C(F)(F)F)C(c3ccccc3)C2N1. The third-order valence-corrected chi connectivity index (χ3v) is 5.59. The lowest BCUT2D eigenvalue weighted by molar-refractivity contribution is -0.161. The maximum absolute atomic E-state index is 13.8. The largest absolute Gasteiger partial charge is 0.406 e. The molecule has 2 aromatic rings. The molecule has 3 N–H and O–H groups in total. The molecule has 2 heterocycles. The van der Waals surface area contributed by atoms with Gasteiger partial charge in [-0.1, -0.05) is 48.5 Å². The number of aryl methyl sites for hydroxylation is 1. The fourth-order valence-electron chi connectivity index (χ4n) is 4.06. The molecule has 2 aliphatic heterocycles. The van der Waals surface area contributed by atoms with Crippen molar-refractivity contribution in [3.05, 3.63) is 77.0 Å². The summed E-state index contributed by atoms with van der Waals surface area (Å²) >= 11 is 0. The molecule has 2 amide bonds. The van der Waals surface area contributed by atoms with E-state index in [9.17, 15) is 22.8 Å². The minimum Gasteiger partial charge on any atom is -0.366 e. The second kappa shape index (κ2) is 7.73. The first-order valence-electron chi connectivity index (χ1n) is 9.74. The number of nitrogens with zero attached hydrogens (tertiary/aromatic N) is 1. The van der Waals surface area contributed by atoms with Gasteiger partial charge in [0.05, 0.1) is 5.92 Å². The van der Waals surface area contributed by atoms with Gasteiger partial charge in [0, 0.05) is 11.4 Å². The Morgan fingerprint density at radius 2 is 1.68 bits per heavy atom. The van der Waals surface area contributed by atoms with Crippen LogP contribution in [0.1, 0.15) is 24.0 Å². The Morgan fingerprint density at radius 1 is 1.03 bits per heavy atom. The van der Waals surface area contributed by atoms with E-state index in [2.05, 4.69) is 16.1 Å². The molecular formula is C22H21F3N4O2. The van der Waals surface area contributed by atoms with Crippen LogP contribution in [0, 0.1) is 6.92 Å². The predicted molar refractivity (Wildman–Crippen MR) is 108 cm³/mol. The van der Waals surface area contributed by atoms with Crippen molar-refractivity contribution in [3.8, 4) is 0 Å². The van der Waals surface area contributed by atoms with Crippen molar-refractivity contribution >= 4 is 17.5 Å². The molecule has 1 fully saturated rings. The lowest BCUT2D eigenvalue weighted by Gasteiger charge is -2.34. The second-order valence-corrected chi connectivity index (χ2v) is 7.62. The Labute approximate surface area is 177 Å². The number of allylic oxidation sites excluding steroid dienone is 1. The summed E-state index contributed by atoms with van der Waals surface area (Å²) in [4.78, 5) is 26.0. The minimum atomic E-state index is -4.60. The summed E-state index contributed by atoms with van der Waals surface area (Å²) in [7, 11) is 0. The molecule has 3 atom stereocenters. The van der Waals surface area contributed by atoms with Gasteiger partial charge in [-0.3, -0.25) is 9.59 Å². The number of halogens is 3. The quantitative estimate of drug-likeness (QED) is 0.654. The molecular weight excluding hydrogens is 409 g/mol. The first kappa shape index (κ1) is 20.9. The number of para-hydroxylation sites is 1. The second-order valence-electron chi connectivity index (χ2n) is 7.62. The highest BCUT2D eigenvalue weighted by Gasteiger charge is 2.58. The number of fused-ring (bicyclic) bond motifs is 1. The van der Waals surface area contributed by atoms with Crippen molar-refractivity contribution in [2.75, 3.05) is 5.32 Å². The average Bonchev–Trinajstić information content (AvgIpc) is 3.10. The van der Waals surface area contributed by atoms with Gasteiger partial charge in [-0.2, -0.15) is 13.2 Å². The Hall–Kier alpha value is -3.33. The number of rotatable bonds is 3. The molecule has 6 nitrogen and oxygen atoms in total. The standard InChI is InChI=1S/C22H21F3N4O2/c1-12-8-6-7-11-15(12)27-20(30)16-13(2)26-19-17(14-9-4-3-5-10-14)18(22(23,24)25)28-29(19)21(16)31/h3-11,17-19,26,28H,1-2H3,(H,27,30). The molecule has 0 aliphatic carbocycles. The Morgan fingerprint density at radius 3 is 2.32 bits per heavy atom. The third-order valence-electron chi connectivity index (χ3n) is 5.59. The summed E-state index contributed by atoms with van der Waals surface area (Å²) in [5.41, 5.74) is 4.04. The Balaban J connectivity index is 1.67. The summed E-state index contributed by atoms with van der Waals surface area (Å²) in [5, 5.41) is 6.51. The van der Waals surface area contributed by atoms with E-state index in [4.69, 9.17) is 0 Å². The lowest BCUT2D eigenvalue weighted by Crippen LogP contribution is -2.56. The molecule has 0 spiro atoms. The molecule has 2 aromatic carbocycles. The van der Waals surface area contributed by atoms with Crippen molar-refractivity contribution in [1.82, 2.24) is 15.8 Å². The van der Waals surface area contributed by atoms with E-state index in [1.807, 2.05) is 6.07 Å². The third kappa shape index (κ3) is 3.76. The number of carbonyl (C=O) groups is 2. The summed E-state index contributed by atoms with van der Waals surface area (Å²) in [6.45, 7) is 3.32. The first-order valence-corrected chi connectivity index (χ1v) is 9.74. The van der Waals surface area contributed by atoms with Crippen molar-refractivity contribution < 1.29 is 22.8 Å². The molecule has 0 radical (unpaired) electrons. The van der Waals surface area contributed by atoms with Crippen LogP contribution in [0.25, 0.3) is 0 Å². The number of amides is 2. The molecule has 1 saturated heterocycles. The van der Waals surface area contributed by atoms with Gasteiger partial charge in [0.15, 0.2) is 0 Å². The van der Waals surface area contributed by atoms with Gasteiger partial charge in [-0.25, -0.2) is 10.4 Å². The number of anilines is 1. The molecule has 162 valence electrons. The summed E-state index contributed by atoms with van der Waals surface area (Å²) in [5.74, 6) is -2.57. The van der Waals surface area contributed by atoms with Crippen LogP contribution in [0.15, 0.2) is 65.9 Å². The van der Waals surface area contributed by atoms with Crippen LogP contribution >= 0.6 is 0 Å². The van der Waals surface area contributed by atoms with Gasteiger partial charge in [0.2, 0.25) is 0 Å². The number of nitrogens with one attached hydrogen (secondary N) is 3. The molecule has 9 heteroatoms. The molecule has 0 bridgehead atoms. The van der Waals surface area contributed by atoms with Gasteiger partial charge in [0.25, 0.3) is 11.8 Å². The van der Waals surface area contributed by atoms with Crippen LogP contribution in [-0.2, 0) is 9.59 Å². The van der Waals surface area contributed by atoms with Crippen molar-refractivity contribution in [2.24, 2.45) is 0 Å². The van der Waals surface area contributed by atoms with E-state index in [-0.39, 0.29) is 11.3 Å². The van der Waals surface area contributed by atoms with Crippen molar-refractivity contribution in [3.63, 3.8) is 0 Å². The van der Waals surface area contributed by atoms with Gasteiger partial charge >= 0.3 is 6.18 Å². The van der Waals surface area contributed by atoms with Crippen LogP contribution in [0.2, 0.25) is 0 Å². The highest BCUT2D eigenvalue weighted by Crippen LogP contribution is 2.41. The summed E-state index contributed by atoms with van der Waals surface area (Å²) in [6.07, 6.45) is -5.59. The van der Waals surface area contributed by atoms with Crippen LogP contribution in [0.4, 0.5) is 18.9 Å².